The van der Waals surface area contributed by atoms with Crippen molar-refractivity contribution in [1.82, 2.24) is 0 Å². The highest BCUT2D eigenvalue weighted by molar-refractivity contribution is 4.73. The van der Waals surface area contributed by atoms with Crippen molar-refractivity contribution < 1.29 is 20.4 Å². The van der Waals surface area contributed by atoms with E-state index in [9.17, 15) is 20.4 Å². The molecule has 0 heterocycles. The molecule has 4 heteroatoms. The minimum Gasteiger partial charge on any atom is -0.393 e. The average Bonchev–Trinajstić information content (AvgIpc) is 2.17. The molecule has 0 spiro atoms. The van der Waals surface area contributed by atoms with Gasteiger partial charge in [0.25, 0.3) is 0 Å². The molecule has 0 aromatic carbocycles. The van der Waals surface area contributed by atoms with Crippen molar-refractivity contribution in [2.24, 2.45) is 0 Å². The fraction of sp³-hybridized carbons (Fsp3) is 1.00. The lowest BCUT2D eigenvalue weighted by molar-refractivity contribution is -0.0348. The summed E-state index contributed by atoms with van der Waals surface area (Å²) in [6, 6.07) is 0. The van der Waals surface area contributed by atoms with Gasteiger partial charge in [-0.25, -0.2) is 0 Å². The maximum absolute atomic E-state index is 9.44. The second kappa shape index (κ2) is 7.17. The van der Waals surface area contributed by atoms with Gasteiger partial charge in [-0.15, -0.1) is 0 Å². The molecule has 0 saturated carbocycles. The standard InChI is InChI=1S/C10H22O4/c1-3-7(11)5-9(13)10(14)6-8(12)4-2/h7-14H,3-6H2,1-2H3. The molecule has 86 valence electrons. The minimum absolute atomic E-state index is 0.161. The van der Waals surface area contributed by atoms with Gasteiger partial charge in [0.15, 0.2) is 0 Å². The molecule has 0 aliphatic rings. The fourth-order valence-corrected chi connectivity index (χ4v) is 1.21. The third-order valence-corrected chi connectivity index (χ3v) is 2.41. The summed E-state index contributed by atoms with van der Waals surface area (Å²) in [6.07, 6.45) is -1.64. The smallest absolute Gasteiger partial charge is 0.0824 e. The van der Waals surface area contributed by atoms with E-state index in [-0.39, 0.29) is 12.8 Å². The summed E-state index contributed by atoms with van der Waals surface area (Å²) in [6.45, 7) is 3.62. The largest absolute Gasteiger partial charge is 0.393 e. The molecule has 4 atom stereocenters. The highest BCUT2D eigenvalue weighted by Crippen LogP contribution is 2.11. The maximum Gasteiger partial charge on any atom is 0.0824 e. The van der Waals surface area contributed by atoms with Crippen molar-refractivity contribution >= 4 is 0 Å². The van der Waals surface area contributed by atoms with Crippen LogP contribution in [0.25, 0.3) is 0 Å². The first-order chi connectivity index (χ1) is 6.51. The fourth-order valence-electron chi connectivity index (χ4n) is 1.21. The van der Waals surface area contributed by atoms with E-state index >= 15 is 0 Å². The van der Waals surface area contributed by atoms with Crippen LogP contribution < -0.4 is 0 Å². The molecular weight excluding hydrogens is 184 g/mol. The van der Waals surface area contributed by atoms with E-state index in [1.165, 1.54) is 0 Å². The van der Waals surface area contributed by atoms with Crippen LogP contribution in [0.5, 0.6) is 0 Å². The zero-order chi connectivity index (χ0) is 11.1. The Hall–Kier alpha value is -0.160. The van der Waals surface area contributed by atoms with E-state index in [1.807, 2.05) is 13.8 Å². The van der Waals surface area contributed by atoms with Gasteiger partial charge in [-0.1, -0.05) is 13.8 Å². The van der Waals surface area contributed by atoms with E-state index < -0.39 is 24.4 Å². The zero-order valence-electron chi connectivity index (χ0n) is 8.93. The SMILES string of the molecule is CCC(O)CC(O)C(O)CC(O)CC. The summed E-state index contributed by atoms with van der Waals surface area (Å²) >= 11 is 0. The molecule has 0 rings (SSSR count). The van der Waals surface area contributed by atoms with Crippen LogP contribution in [0.1, 0.15) is 39.5 Å². The number of aliphatic hydroxyl groups is 4. The molecule has 0 saturated heterocycles. The second-order valence-corrected chi connectivity index (χ2v) is 3.73. The van der Waals surface area contributed by atoms with Gasteiger partial charge in [0.05, 0.1) is 24.4 Å². The van der Waals surface area contributed by atoms with Crippen LogP contribution in [-0.2, 0) is 0 Å². The Morgan fingerprint density at radius 2 is 1.00 bits per heavy atom. The summed E-state index contributed by atoms with van der Waals surface area (Å²) in [4.78, 5) is 0. The van der Waals surface area contributed by atoms with E-state index in [2.05, 4.69) is 0 Å². The Balaban J connectivity index is 3.80. The van der Waals surface area contributed by atoms with Crippen LogP contribution >= 0.6 is 0 Å². The Morgan fingerprint density at radius 1 is 0.714 bits per heavy atom. The van der Waals surface area contributed by atoms with Gasteiger partial charge >= 0.3 is 0 Å². The lowest BCUT2D eigenvalue weighted by atomic mass is 10.00. The van der Waals surface area contributed by atoms with Gasteiger partial charge in [0.1, 0.15) is 0 Å². The van der Waals surface area contributed by atoms with Crippen molar-refractivity contribution in [3.63, 3.8) is 0 Å². The van der Waals surface area contributed by atoms with Crippen LogP contribution in [0.3, 0.4) is 0 Å². The third-order valence-electron chi connectivity index (χ3n) is 2.41. The van der Waals surface area contributed by atoms with Crippen LogP contribution in [0, 0.1) is 0 Å². The number of rotatable bonds is 7. The molecule has 0 aliphatic heterocycles. The molecule has 0 aliphatic carbocycles. The number of hydrogen-bond donors (Lipinski definition) is 4. The number of hydrogen-bond acceptors (Lipinski definition) is 4. The Bertz CT molecular complexity index is 124. The molecule has 4 unspecified atom stereocenters. The van der Waals surface area contributed by atoms with Crippen LogP contribution in [-0.4, -0.2) is 44.8 Å². The van der Waals surface area contributed by atoms with Crippen molar-refractivity contribution in [3.05, 3.63) is 0 Å². The van der Waals surface area contributed by atoms with Gasteiger partial charge in [0, 0.05) is 12.8 Å². The Labute approximate surface area is 85.2 Å². The lowest BCUT2D eigenvalue weighted by Crippen LogP contribution is -2.32. The van der Waals surface area contributed by atoms with Crippen LogP contribution in [0.4, 0.5) is 0 Å². The first-order valence-electron chi connectivity index (χ1n) is 5.23. The summed E-state index contributed by atoms with van der Waals surface area (Å²) in [7, 11) is 0. The van der Waals surface area contributed by atoms with Gasteiger partial charge < -0.3 is 20.4 Å². The average molecular weight is 206 g/mol. The molecular formula is C10H22O4. The summed E-state index contributed by atoms with van der Waals surface area (Å²) < 4.78 is 0. The maximum atomic E-state index is 9.44. The van der Waals surface area contributed by atoms with Gasteiger partial charge in [-0.2, -0.15) is 0 Å². The summed E-state index contributed by atoms with van der Waals surface area (Å²) in [5.41, 5.74) is 0. The van der Waals surface area contributed by atoms with Crippen molar-refractivity contribution in [2.75, 3.05) is 0 Å². The molecule has 0 radical (unpaired) electrons. The molecule has 0 bridgehead atoms. The van der Waals surface area contributed by atoms with Gasteiger partial charge in [0.2, 0.25) is 0 Å². The molecule has 0 aromatic rings. The third kappa shape index (κ3) is 5.54. The summed E-state index contributed by atoms with van der Waals surface area (Å²) in [5.74, 6) is 0. The molecule has 4 N–H and O–H groups in total. The van der Waals surface area contributed by atoms with Gasteiger partial charge in [-0.05, 0) is 12.8 Å². The topological polar surface area (TPSA) is 80.9 Å². The first-order valence-corrected chi connectivity index (χ1v) is 5.23. The number of aliphatic hydroxyl groups excluding tert-OH is 4. The molecule has 0 fully saturated rings. The molecule has 0 amide bonds. The molecule has 14 heavy (non-hydrogen) atoms. The van der Waals surface area contributed by atoms with Crippen molar-refractivity contribution in [3.8, 4) is 0 Å². The molecule has 4 nitrogen and oxygen atoms in total. The Morgan fingerprint density at radius 3 is 1.21 bits per heavy atom. The van der Waals surface area contributed by atoms with Gasteiger partial charge in [-0.3, -0.25) is 0 Å². The van der Waals surface area contributed by atoms with Crippen molar-refractivity contribution in [1.29, 1.82) is 0 Å². The minimum atomic E-state index is -0.953. The quantitative estimate of drug-likeness (QED) is 0.474. The molecule has 0 aromatic heterocycles. The van der Waals surface area contributed by atoms with E-state index in [1.54, 1.807) is 0 Å². The van der Waals surface area contributed by atoms with Crippen molar-refractivity contribution in [2.45, 2.75) is 63.9 Å². The predicted octanol–water partition coefficient (Wildman–Crippen LogP) is 0.0302. The van der Waals surface area contributed by atoms with Crippen LogP contribution in [0.15, 0.2) is 0 Å². The first kappa shape index (κ1) is 13.8. The highest BCUT2D eigenvalue weighted by atomic mass is 16.3. The van der Waals surface area contributed by atoms with E-state index in [4.69, 9.17) is 0 Å². The van der Waals surface area contributed by atoms with E-state index in [0.717, 1.165) is 0 Å². The lowest BCUT2D eigenvalue weighted by Gasteiger charge is -2.21. The Kier molecular flexibility index (Phi) is 7.09. The normalized spacial score (nSPS) is 20.1. The second-order valence-electron chi connectivity index (χ2n) is 3.73. The van der Waals surface area contributed by atoms with E-state index in [0.29, 0.717) is 12.8 Å². The monoisotopic (exact) mass is 206 g/mol. The highest BCUT2D eigenvalue weighted by Gasteiger charge is 2.21. The predicted molar refractivity (Wildman–Crippen MR) is 53.8 cm³/mol. The van der Waals surface area contributed by atoms with Crippen LogP contribution in [0.2, 0.25) is 0 Å². The summed E-state index contributed by atoms with van der Waals surface area (Å²) in [5, 5.41) is 37.4. The zero-order valence-corrected chi connectivity index (χ0v) is 8.93.